The van der Waals surface area contributed by atoms with Crippen LogP contribution in [0.4, 0.5) is 0 Å². The van der Waals surface area contributed by atoms with Crippen molar-refractivity contribution in [2.45, 2.75) is 39.0 Å². The summed E-state index contributed by atoms with van der Waals surface area (Å²) in [5.74, 6) is -1.35. The average molecular weight is 568 g/mol. The lowest BCUT2D eigenvalue weighted by Gasteiger charge is -2.33. The zero-order valence-corrected chi connectivity index (χ0v) is 24.5. The van der Waals surface area contributed by atoms with Crippen molar-refractivity contribution >= 4 is 24.1 Å². The Morgan fingerprint density at radius 2 is 1.86 bits per heavy atom. The molecule has 1 heterocycles. The Morgan fingerprint density at radius 3 is 2.48 bits per heavy atom. The summed E-state index contributed by atoms with van der Waals surface area (Å²) in [7, 11) is 3.04. The molecule has 1 aliphatic heterocycles. The lowest BCUT2D eigenvalue weighted by molar-refractivity contribution is -0.134. The van der Waals surface area contributed by atoms with Crippen LogP contribution in [-0.2, 0) is 20.8 Å². The van der Waals surface area contributed by atoms with Gasteiger partial charge >= 0.3 is 5.97 Å². The Labute approximate surface area is 247 Å². The number of ether oxygens (including phenoxy) is 1. The van der Waals surface area contributed by atoms with Gasteiger partial charge in [0.2, 0.25) is 6.41 Å². The minimum atomic E-state index is -0.810. The summed E-state index contributed by atoms with van der Waals surface area (Å²) < 4.78 is 5.44. The highest BCUT2D eigenvalue weighted by Gasteiger charge is 2.41. The van der Waals surface area contributed by atoms with Crippen molar-refractivity contribution in [3.63, 3.8) is 0 Å². The van der Waals surface area contributed by atoms with Crippen molar-refractivity contribution in [1.82, 2.24) is 15.5 Å². The van der Waals surface area contributed by atoms with Crippen LogP contribution in [-0.4, -0.2) is 43.1 Å². The summed E-state index contributed by atoms with van der Waals surface area (Å²) in [6, 6.07) is 14.2. The molecule has 0 spiro atoms. The molecule has 2 aromatic carbocycles. The van der Waals surface area contributed by atoms with Crippen LogP contribution in [0, 0.1) is 0 Å². The molecule has 2 N–H and O–H groups in total. The van der Waals surface area contributed by atoms with Crippen LogP contribution in [0.15, 0.2) is 108 Å². The number of nitrogens with zero attached hydrogens (tertiary/aromatic N) is 1. The average Bonchev–Trinajstić information content (AvgIpc) is 3.12. The number of aryl methyl sites for hydroxylation is 1. The van der Waals surface area contributed by atoms with Crippen LogP contribution in [0.2, 0.25) is 0 Å². The molecule has 1 atom stereocenters. The summed E-state index contributed by atoms with van der Waals surface area (Å²) in [5, 5.41) is 6.28. The fourth-order valence-corrected chi connectivity index (χ4v) is 4.86. The summed E-state index contributed by atoms with van der Waals surface area (Å²) in [4.78, 5) is 52.0. The number of carbonyl (C=O) groups is 4. The van der Waals surface area contributed by atoms with E-state index in [1.54, 1.807) is 43.5 Å². The predicted molar refractivity (Wildman–Crippen MR) is 163 cm³/mol. The third-order valence-electron chi connectivity index (χ3n) is 6.74. The number of allylic oxidation sites excluding steroid dienone is 5. The lowest BCUT2D eigenvalue weighted by Crippen LogP contribution is -2.40. The second-order valence-corrected chi connectivity index (χ2v) is 10.0. The van der Waals surface area contributed by atoms with Crippen LogP contribution >= 0.6 is 0 Å². The Bertz CT molecular complexity index is 1490. The van der Waals surface area contributed by atoms with E-state index in [9.17, 15) is 19.2 Å². The van der Waals surface area contributed by atoms with Gasteiger partial charge in [0.25, 0.3) is 5.91 Å². The molecule has 4 rings (SSSR count). The van der Waals surface area contributed by atoms with Crippen LogP contribution in [0.1, 0.15) is 54.1 Å². The number of likely N-dealkylation sites (N-methyl/N-ethyl adjacent to an activating group) is 1. The van der Waals surface area contributed by atoms with E-state index in [1.165, 1.54) is 18.7 Å². The minimum Gasteiger partial charge on any atom is -0.426 e. The maximum atomic E-state index is 14.0. The first-order valence-electron chi connectivity index (χ1n) is 13.6. The van der Waals surface area contributed by atoms with Gasteiger partial charge in [0, 0.05) is 36.8 Å². The molecule has 0 saturated heterocycles. The van der Waals surface area contributed by atoms with Crippen LogP contribution in [0.3, 0.4) is 0 Å². The molecule has 0 saturated carbocycles. The third kappa shape index (κ3) is 7.20. The fourth-order valence-electron chi connectivity index (χ4n) is 4.86. The van der Waals surface area contributed by atoms with Crippen LogP contribution < -0.4 is 15.4 Å². The quantitative estimate of drug-likeness (QED) is 0.150. The summed E-state index contributed by atoms with van der Waals surface area (Å²) >= 11 is 0. The molecule has 0 fully saturated rings. The number of Topliss-reactive ketones (excluding diaryl/α,β-unsaturated/α-hetero) is 1. The molecule has 2 aliphatic rings. The number of rotatable bonds is 8. The number of fused-ring (bicyclic) bond motifs is 1. The van der Waals surface area contributed by atoms with Crippen molar-refractivity contribution < 1.29 is 23.9 Å². The molecule has 0 radical (unpaired) electrons. The van der Waals surface area contributed by atoms with Gasteiger partial charge in [-0.25, -0.2) is 0 Å². The molecule has 2 aromatic rings. The maximum Gasteiger partial charge on any atom is 0.315 e. The highest BCUT2D eigenvalue weighted by molar-refractivity contribution is 6.14. The van der Waals surface area contributed by atoms with E-state index in [1.807, 2.05) is 38.1 Å². The molecule has 8 heteroatoms. The SMILES string of the molecule is C=CC=C(C)C.C=CCC(=O)Oc1cccc(C2C3=C(CCc4ccccc4C3=O)NC(NC)=C2C(=O)N(C)C=O)c1. The number of dihydropyridines is 1. The number of nitrogens with one attached hydrogen (secondary N) is 2. The first-order valence-corrected chi connectivity index (χ1v) is 13.6. The van der Waals surface area contributed by atoms with Crippen molar-refractivity contribution in [2.24, 2.45) is 0 Å². The van der Waals surface area contributed by atoms with Crippen LogP contribution in [0.25, 0.3) is 0 Å². The smallest absolute Gasteiger partial charge is 0.315 e. The first kappa shape index (κ1) is 31.5. The summed E-state index contributed by atoms with van der Waals surface area (Å²) in [6.45, 7) is 11.2. The van der Waals surface area contributed by atoms with Gasteiger partial charge in [-0.3, -0.25) is 24.1 Å². The molecule has 42 heavy (non-hydrogen) atoms. The van der Waals surface area contributed by atoms with Crippen LogP contribution in [0.5, 0.6) is 5.75 Å². The largest absolute Gasteiger partial charge is 0.426 e. The monoisotopic (exact) mass is 567 g/mol. The number of hydrogen-bond donors (Lipinski definition) is 2. The van der Waals surface area contributed by atoms with Gasteiger partial charge in [-0.2, -0.15) is 0 Å². The first-order chi connectivity index (χ1) is 20.2. The molecule has 2 amide bonds. The Morgan fingerprint density at radius 1 is 1.12 bits per heavy atom. The third-order valence-corrected chi connectivity index (χ3v) is 6.74. The van der Waals surface area contributed by atoms with Gasteiger partial charge in [0.05, 0.1) is 12.0 Å². The normalized spacial score (nSPS) is 15.3. The second kappa shape index (κ2) is 14.6. The molecule has 1 unspecified atom stereocenters. The van der Waals surface area contributed by atoms with Gasteiger partial charge < -0.3 is 15.4 Å². The van der Waals surface area contributed by atoms with Crippen molar-refractivity contribution in [3.05, 3.63) is 125 Å². The molecule has 1 aliphatic carbocycles. The lowest BCUT2D eigenvalue weighted by atomic mass is 9.77. The number of carbonyl (C=O) groups excluding carboxylic acids is 4. The van der Waals surface area contributed by atoms with Crippen molar-refractivity contribution in [3.8, 4) is 5.75 Å². The molecular weight excluding hydrogens is 530 g/mol. The number of amides is 2. The molecule has 218 valence electrons. The van der Waals surface area contributed by atoms with E-state index in [2.05, 4.69) is 23.8 Å². The molecule has 0 bridgehead atoms. The second-order valence-electron chi connectivity index (χ2n) is 10.0. The van der Waals surface area contributed by atoms with E-state index in [0.717, 1.165) is 10.5 Å². The number of benzene rings is 2. The molecule has 0 aromatic heterocycles. The minimum absolute atomic E-state index is 0.0415. The van der Waals surface area contributed by atoms with E-state index in [-0.39, 0.29) is 23.5 Å². The van der Waals surface area contributed by atoms with Crippen molar-refractivity contribution in [2.75, 3.05) is 14.1 Å². The highest BCUT2D eigenvalue weighted by Crippen LogP contribution is 2.43. The molecule has 8 nitrogen and oxygen atoms in total. The summed E-state index contributed by atoms with van der Waals surface area (Å²) in [6.07, 6.45) is 6.88. The predicted octanol–water partition coefficient (Wildman–Crippen LogP) is 5.12. The maximum absolute atomic E-state index is 14.0. The zero-order chi connectivity index (χ0) is 30.8. The Kier molecular flexibility index (Phi) is 11.0. The topological polar surface area (TPSA) is 105 Å². The zero-order valence-electron chi connectivity index (χ0n) is 24.5. The number of esters is 1. The number of hydrogen-bond acceptors (Lipinski definition) is 7. The fraction of sp³-hybridized carbons (Fsp3) is 0.235. The van der Waals surface area contributed by atoms with Gasteiger partial charge in [-0.05, 0) is 49.9 Å². The van der Waals surface area contributed by atoms with E-state index in [0.29, 0.717) is 47.5 Å². The summed E-state index contributed by atoms with van der Waals surface area (Å²) in [5.41, 5.74) is 4.72. The Hall–Kier alpha value is -4.98. The van der Waals surface area contributed by atoms with Gasteiger partial charge in [0.15, 0.2) is 5.78 Å². The standard InChI is InChI=1S/C28H27N3O5.C6H10/c1-4-8-22(33)36-19-11-7-10-18(15-19)23-24-21(14-13-17-9-5-6-12-20(17)26(24)34)30-27(29-2)25(23)28(35)31(3)16-32;1-4-5-6(2)3/h4-7,9-12,15-16,23,29-30H,1,8,13-14H2,2-3H3;4-5H,1H2,2-3H3. The van der Waals surface area contributed by atoms with Crippen molar-refractivity contribution in [1.29, 1.82) is 0 Å². The van der Waals surface area contributed by atoms with Gasteiger partial charge in [-0.1, -0.05) is 66.8 Å². The van der Waals surface area contributed by atoms with Gasteiger partial charge in [0.1, 0.15) is 11.6 Å². The number of ketones is 1. The highest BCUT2D eigenvalue weighted by atomic mass is 16.5. The van der Waals surface area contributed by atoms with E-state index >= 15 is 0 Å². The Balaban J connectivity index is 0.000000730. The number of imide groups is 1. The molecular formula is C34H37N3O5. The van der Waals surface area contributed by atoms with E-state index < -0.39 is 17.8 Å². The van der Waals surface area contributed by atoms with Gasteiger partial charge in [-0.15, -0.1) is 6.58 Å². The van der Waals surface area contributed by atoms with E-state index in [4.69, 9.17) is 4.74 Å².